The summed E-state index contributed by atoms with van der Waals surface area (Å²) in [6.07, 6.45) is 0.796. The van der Waals surface area contributed by atoms with E-state index in [4.69, 9.17) is 4.74 Å². The Morgan fingerprint density at radius 2 is 1.50 bits per heavy atom. The highest BCUT2D eigenvalue weighted by atomic mass is 19.1. The highest BCUT2D eigenvalue weighted by Gasteiger charge is 2.23. The first-order chi connectivity index (χ1) is 14.7. The SMILES string of the molecule is CCCO/C(=N\C(=O)c1ccc(F)cc1)N1Cc2ccccc2-c2ccccc2C1. The van der Waals surface area contributed by atoms with E-state index in [0.717, 1.165) is 17.5 Å². The molecule has 0 atom stereocenters. The van der Waals surface area contributed by atoms with Crippen LogP contribution < -0.4 is 0 Å². The minimum atomic E-state index is -0.452. The first-order valence-corrected chi connectivity index (χ1v) is 10.1. The second-order valence-electron chi connectivity index (χ2n) is 7.23. The van der Waals surface area contributed by atoms with E-state index in [1.54, 1.807) is 0 Å². The number of rotatable bonds is 3. The molecule has 0 saturated carbocycles. The predicted octanol–water partition coefficient (Wildman–Crippen LogP) is 5.43. The van der Waals surface area contributed by atoms with E-state index in [1.807, 2.05) is 36.1 Å². The van der Waals surface area contributed by atoms with E-state index in [0.29, 0.717) is 25.3 Å². The second kappa shape index (κ2) is 8.91. The largest absolute Gasteiger partial charge is 0.465 e. The molecular formula is C25H23FN2O2. The smallest absolute Gasteiger partial charge is 0.296 e. The van der Waals surface area contributed by atoms with Gasteiger partial charge in [0.25, 0.3) is 11.9 Å². The Hall–Kier alpha value is -3.47. The topological polar surface area (TPSA) is 41.9 Å². The molecule has 3 aromatic rings. The number of carbonyl (C=O) groups excluding carboxylic acids is 1. The van der Waals surface area contributed by atoms with Crippen molar-refractivity contribution in [3.63, 3.8) is 0 Å². The van der Waals surface area contributed by atoms with E-state index < -0.39 is 11.7 Å². The molecule has 0 unspecified atom stereocenters. The molecule has 1 amide bonds. The van der Waals surface area contributed by atoms with Crippen molar-refractivity contribution in [2.45, 2.75) is 26.4 Å². The van der Waals surface area contributed by atoms with E-state index in [2.05, 4.69) is 29.3 Å². The number of hydrogen-bond donors (Lipinski definition) is 0. The van der Waals surface area contributed by atoms with E-state index in [9.17, 15) is 9.18 Å². The lowest BCUT2D eigenvalue weighted by Crippen LogP contribution is -2.32. The van der Waals surface area contributed by atoms with Gasteiger partial charge in [0.2, 0.25) is 0 Å². The number of carbonyl (C=O) groups is 1. The average Bonchev–Trinajstić information content (AvgIpc) is 2.94. The van der Waals surface area contributed by atoms with Gasteiger partial charge in [-0.1, -0.05) is 55.5 Å². The Balaban J connectivity index is 1.72. The van der Waals surface area contributed by atoms with Crippen LogP contribution >= 0.6 is 0 Å². The maximum absolute atomic E-state index is 13.2. The highest BCUT2D eigenvalue weighted by Crippen LogP contribution is 2.32. The van der Waals surface area contributed by atoms with Crippen LogP contribution in [0.3, 0.4) is 0 Å². The van der Waals surface area contributed by atoms with Crippen molar-refractivity contribution in [2.75, 3.05) is 6.61 Å². The molecule has 4 nitrogen and oxygen atoms in total. The predicted molar refractivity (Wildman–Crippen MR) is 116 cm³/mol. The molecule has 0 radical (unpaired) electrons. The zero-order valence-electron chi connectivity index (χ0n) is 16.8. The van der Waals surface area contributed by atoms with Crippen molar-refractivity contribution in [2.24, 2.45) is 4.99 Å². The third-order valence-corrected chi connectivity index (χ3v) is 5.04. The molecule has 0 N–H and O–H groups in total. The van der Waals surface area contributed by atoms with Crippen LogP contribution in [0.2, 0.25) is 0 Å². The van der Waals surface area contributed by atoms with Crippen LogP contribution in [0.5, 0.6) is 0 Å². The molecule has 0 aromatic heterocycles. The number of hydrogen-bond acceptors (Lipinski definition) is 2. The Labute approximate surface area is 175 Å². The lowest BCUT2D eigenvalue weighted by Gasteiger charge is -2.24. The van der Waals surface area contributed by atoms with E-state index in [1.165, 1.54) is 35.4 Å². The summed E-state index contributed by atoms with van der Waals surface area (Å²) in [6.45, 7) is 3.61. The van der Waals surface area contributed by atoms with Gasteiger partial charge in [0.1, 0.15) is 5.82 Å². The van der Waals surface area contributed by atoms with Crippen LogP contribution in [0.15, 0.2) is 77.8 Å². The zero-order valence-corrected chi connectivity index (χ0v) is 16.8. The van der Waals surface area contributed by atoms with Gasteiger partial charge >= 0.3 is 0 Å². The summed E-state index contributed by atoms with van der Waals surface area (Å²) in [7, 11) is 0. The van der Waals surface area contributed by atoms with Gasteiger partial charge in [0, 0.05) is 18.7 Å². The van der Waals surface area contributed by atoms with Gasteiger partial charge < -0.3 is 9.64 Å². The Morgan fingerprint density at radius 1 is 0.933 bits per heavy atom. The van der Waals surface area contributed by atoms with Gasteiger partial charge in [0.15, 0.2) is 0 Å². The fraction of sp³-hybridized carbons (Fsp3) is 0.200. The monoisotopic (exact) mass is 402 g/mol. The summed E-state index contributed by atoms with van der Waals surface area (Å²) in [5, 5.41) is 0. The third-order valence-electron chi connectivity index (χ3n) is 5.04. The van der Waals surface area contributed by atoms with Crippen molar-refractivity contribution in [3.05, 3.63) is 95.3 Å². The first-order valence-electron chi connectivity index (χ1n) is 10.1. The Kier molecular flexibility index (Phi) is 5.89. The minimum Gasteiger partial charge on any atom is -0.465 e. The fourth-order valence-electron chi connectivity index (χ4n) is 3.58. The normalized spacial score (nSPS) is 13.3. The molecule has 0 bridgehead atoms. The molecule has 4 rings (SSSR count). The van der Waals surface area contributed by atoms with Crippen molar-refractivity contribution < 1.29 is 13.9 Å². The number of amides is 1. The second-order valence-corrected chi connectivity index (χ2v) is 7.23. The van der Waals surface area contributed by atoms with Crippen molar-refractivity contribution >= 4 is 11.9 Å². The standard InChI is InChI=1S/C25H23FN2O2/c1-2-15-30-25(27-24(29)18-11-13-21(26)14-12-18)28-16-19-7-3-5-9-22(19)23-10-6-4-8-20(23)17-28/h3-14H,2,15-17H2,1H3/b27-25-. The fourth-order valence-corrected chi connectivity index (χ4v) is 3.58. The van der Waals surface area contributed by atoms with E-state index >= 15 is 0 Å². The lowest BCUT2D eigenvalue weighted by atomic mass is 9.97. The van der Waals surface area contributed by atoms with Crippen LogP contribution in [0.25, 0.3) is 11.1 Å². The summed E-state index contributed by atoms with van der Waals surface area (Å²) in [6, 6.07) is 22.2. The van der Waals surface area contributed by atoms with E-state index in [-0.39, 0.29) is 6.02 Å². The number of benzene rings is 3. The van der Waals surface area contributed by atoms with Crippen LogP contribution in [-0.2, 0) is 17.8 Å². The van der Waals surface area contributed by atoms with Gasteiger partial charge in [-0.25, -0.2) is 4.39 Å². The third kappa shape index (κ3) is 4.25. The van der Waals surface area contributed by atoms with Crippen LogP contribution in [-0.4, -0.2) is 23.4 Å². The molecule has 3 aromatic carbocycles. The van der Waals surface area contributed by atoms with Gasteiger partial charge in [0.05, 0.1) is 6.61 Å². The maximum atomic E-state index is 13.2. The van der Waals surface area contributed by atoms with Gasteiger partial charge in [-0.05, 0) is 52.9 Å². The summed E-state index contributed by atoms with van der Waals surface area (Å²) >= 11 is 0. The number of halogens is 1. The van der Waals surface area contributed by atoms with Crippen LogP contribution in [0.4, 0.5) is 4.39 Å². The molecule has 1 aliphatic heterocycles. The molecule has 30 heavy (non-hydrogen) atoms. The number of aliphatic imine (C=N–C) groups is 1. The minimum absolute atomic E-state index is 0.290. The number of fused-ring (bicyclic) bond motifs is 3. The summed E-state index contributed by atoms with van der Waals surface area (Å²) in [4.78, 5) is 19.0. The first kappa shape index (κ1) is 19.8. The molecule has 0 saturated heterocycles. The molecular weight excluding hydrogens is 379 g/mol. The molecule has 152 valence electrons. The van der Waals surface area contributed by atoms with Crippen LogP contribution in [0, 0.1) is 5.82 Å². The Bertz CT molecular complexity index is 1030. The average molecular weight is 402 g/mol. The van der Waals surface area contributed by atoms with Gasteiger partial charge in [-0.2, -0.15) is 4.99 Å². The summed E-state index contributed by atoms with van der Waals surface area (Å²) in [5.74, 6) is -0.842. The molecule has 5 heteroatoms. The lowest BCUT2D eigenvalue weighted by molar-refractivity contribution is 0.0992. The molecule has 0 fully saturated rings. The molecule has 0 spiro atoms. The summed E-state index contributed by atoms with van der Waals surface area (Å²) in [5.41, 5.74) is 4.96. The molecule has 0 aliphatic carbocycles. The number of nitrogens with zero attached hydrogens (tertiary/aromatic N) is 2. The van der Waals surface area contributed by atoms with Gasteiger partial charge in [-0.3, -0.25) is 4.79 Å². The zero-order chi connectivity index (χ0) is 20.9. The van der Waals surface area contributed by atoms with Gasteiger partial charge in [-0.15, -0.1) is 0 Å². The Morgan fingerprint density at radius 3 is 2.07 bits per heavy atom. The quantitative estimate of drug-likeness (QED) is 0.433. The molecule has 1 heterocycles. The molecule has 1 aliphatic rings. The number of ether oxygens (including phenoxy) is 1. The maximum Gasteiger partial charge on any atom is 0.296 e. The number of amidine groups is 1. The summed E-state index contributed by atoms with van der Waals surface area (Å²) < 4.78 is 19.1. The van der Waals surface area contributed by atoms with Crippen molar-refractivity contribution in [1.29, 1.82) is 0 Å². The highest BCUT2D eigenvalue weighted by molar-refractivity contribution is 6.01. The van der Waals surface area contributed by atoms with Crippen LogP contribution in [0.1, 0.15) is 34.8 Å². The van der Waals surface area contributed by atoms with Crippen molar-refractivity contribution in [3.8, 4) is 11.1 Å². The van der Waals surface area contributed by atoms with Crippen molar-refractivity contribution in [1.82, 2.24) is 4.90 Å².